The SMILES string of the molecule is CCCCCCCCCCCCCCCC(=O)OC[C@H](COP(=O)(O)OCC[N+](C)(C)C)OC(=O)CCCCCCCCCCCNC(=O)OC(C)(C)C(Cl)(Cl)Cl. The van der Waals surface area contributed by atoms with Crippen molar-refractivity contribution < 1.29 is 51.6 Å². The van der Waals surface area contributed by atoms with Gasteiger partial charge in [-0.25, -0.2) is 9.36 Å². The molecule has 1 unspecified atom stereocenters. The molecule has 0 bridgehead atoms. The number of quaternary nitrogens is 1. The van der Waals surface area contributed by atoms with E-state index in [1.807, 2.05) is 21.1 Å². The smallest absolute Gasteiger partial charge is 0.462 e. The van der Waals surface area contributed by atoms with Crippen LogP contribution in [0.4, 0.5) is 4.79 Å². The van der Waals surface area contributed by atoms with Gasteiger partial charge in [0.15, 0.2) is 11.7 Å². The van der Waals surface area contributed by atoms with Gasteiger partial charge >= 0.3 is 25.9 Å². The van der Waals surface area contributed by atoms with E-state index in [9.17, 15) is 23.8 Å². The number of hydrogen-bond acceptors (Lipinski definition) is 9. The van der Waals surface area contributed by atoms with Gasteiger partial charge in [0.1, 0.15) is 19.8 Å². The van der Waals surface area contributed by atoms with Gasteiger partial charge in [-0.3, -0.25) is 18.6 Å². The highest BCUT2D eigenvalue weighted by Crippen LogP contribution is 2.43. The molecule has 0 aromatic rings. The fourth-order valence-electron chi connectivity index (χ4n) is 5.70. The molecule has 0 saturated carbocycles. The Hall–Kier alpha value is -0.850. The molecule has 0 aromatic heterocycles. The predicted molar refractivity (Wildman–Crippen MR) is 231 cm³/mol. The molecule has 0 radical (unpaired) electrons. The summed E-state index contributed by atoms with van der Waals surface area (Å²) in [5.74, 6) is -0.882. The van der Waals surface area contributed by atoms with E-state index in [1.165, 1.54) is 78.1 Å². The zero-order valence-electron chi connectivity index (χ0n) is 36.2. The molecule has 0 rings (SSSR count). The van der Waals surface area contributed by atoms with Crippen molar-refractivity contribution in [2.24, 2.45) is 0 Å². The number of nitrogens with one attached hydrogen (secondary N) is 1. The Labute approximate surface area is 360 Å². The van der Waals surface area contributed by atoms with Crippen LogP contribution in [0.25, 0.3) is 0 Å². The normalized spacial score (nSPS) is 13.9. The molecule has 338 valence electrons. The van der Waals surface area contributed by atoms with Crippen molar-refractivity contribution >= 4 is 60.7 Å². The molecule has 0 heterocycles. The highest BCUT2D eigenvalue weighted by atomic mass is 35.6. The third-order valence-corrected chi connectivity index (χ3v) is 11.9. The third-order valence-electron chi connectivity index (χ3n) is 9.51. The average molecular weight is 897 g/mol. The summed E-state index contributed by atoms with van der Waals surface area (Å²) in [5.41, 5.74) is -1.25. The lowest BCUT2D eigenvalue weighted by Gasteiger charge is -2.31. The maximum absolute atomic E-state index is 12.7. The number of unbranched alkanes of at least 4 members (excludes halogenated alkanes) is 20. The van der Waals surface area contributed by atoms with E-state index >= 15 is 0 Å². The number of halogens is 3. The van der Waals surface area contributed by atoms with E-state index in [0.717, 1.165) is 70.6 Å². The highest BCUT2D eigenvalue weighted by Gasteiger charge is 2.44. The summed E-state index contributed by atoms with van der Waals surface area (Å²) in [6.45, 7) is 5.57. The summed E-state index contributed by atoms with van der Waals surface area (Å²) in [6, 6.07) is 0. The molecular formula is C41H79Cl3N2O10P+. The van der Waals surface area contributed by atoms with Crippen molar-refractivity contribution in [3.63, 3.8) is 0 Å². The summed E-state index contributed by atoms with van der Waals surface area (Å²) >= 11 is 17.5. The van der Waals surface area contributed by atoms with Gasteiger partial charge in [-0.2, -0.15) is 0 Å². The number of alkyl halides is 3. The van der Waals surface area contributed by atoms with Gasteiger partial charge in [-0.15, -0.1) is 0 Å². The van der Waals surface area contributed by atoms with Crippen LogP contribution in [-0.4, -0.2) is 97.0 Å². The number of ether oxygens (including phenoxy) is 3. The van der Waals surface area contributed by atoms with Gasteiger partial charge < -0.3 is 28.9 Å². The quantitative estimate of drug-likeness (QED) is 0.0154. The van der Waals surface area contributed by atoms with E-state index in [0.29, 0.717) is 24.0 Å². The number of amides is 1. The molecule has 2 atom stereocenters. The van der Waals surface area contributed by atoms with Gasteiger partial charge in [0.25, 0.3) is 0 Å². The standard InChI is InChI=1S/C41H78Cl3N2O10P/c1-7-8-9-10-11-12-13-14-15-17-20-23-26-29-37(47)52-34-36(35-54-57(50,51)53-33-32-46(4,5)6)55-38(48)30-27-24-21-18-16-19-22-25-28-31-45-39(49)56-40(2,3)41(42,43)44/h36H,7-35H2,1-6H3,(H-,45,49,50,51)/p+1/t36-/m1/s1. The van der Waals surface area contributed by atoms with Crippen LogP contribution in [0.5, 0.6) is 0 Å². The second-order valence-corrected chi connectivity index (χ2v) is 20.4. The molecule has 0 fully saturated rings. The Kier molecular flexibility index (Phi) is 32.4. The molecule has 0 aromatic carbocycles. The number of carbonyl (C=O) groups excluding carboxylic acids is 3. The molecule has 0 saturated heterocycles. The number of nitrogens with zero attached hydrogens (tertiary/aromatic N) is 1. The Balaban J connectivity index is 4.39. The molecule has 57 heavy (non-hydrogen) atoms. The van der Waals surface area contributed by atoms with Crippen LogP contribution in [0.3, 0.4) is 0 Å². The first kappa shape index (κ1) is 56.1. The van der Waals surface area contributed by atoms with Gasteiger partial charge in [0.2, 0.25) is 3.79 Å². The first-order valence-corrected chi connectivity index (χ1v) is 24.2. The fraction of sp³-hybridized carbons (Fsp3) is 0.927. The largest absolute Gasteiger partial charge is 0.472 e. The Morgan fingerprint density at radius 1 is 0.667 bits per heavy atom. The summed E-state index contributed by atoms with van der Waals surface area (Å²) in [6.07, 6.45) is 23.0. The van der Waals surface area contributed by atoms with Gasteiger partial charge in [0, 0.05) is 19.4 Å². The predicted octanol–water partition coefficient (Wildman–Crippen LogP) is 11.5. The zero-order valence-corrected chi connectivity index (χ0v) is 39.4. The molecular weight excluding hydrogens is 818 g/mol. The minimum absolute atomic E-state index is 0.00581. The van der Waals surface area contributed by atoms with Crippen LogP contribution in [0, 0.1) is 0 Å². The molecule has 1 amide bonds. The number of hydrogen-bond donors (Lipinski definition) is 2. The number of carbonyl (C=O) groups is 3. The Morgan fingerprint density at radius 2 is 1.11 bits per heavy atom. The van der Waals surface area contributed by atoms with E-state index in [2.05, 4.69) is 12.2 Å². The van der Waals surface area contributed by atoms with E-state index < -0.39 is 48.0 Å². The van der Waals surface area contributed by atoms with Crippen LogP contribution < -0.4 is 5.32 Å². The van der Waals surface area contributed by atoms with Crippen molar-refractivity contribution in [3.8, 4) is 0 Å². The number of likely N-dealkylation sites (N-methyl/N-ethyl adjacent to an activating group) is 1. The zero-order chi connectivity index (χ0) is 43.1. The molecule has 0 aliphatic carbocycles. The molecule has 16 heteroatoms. The minimum Gasteiger partial charge on any atom is -0.462 e. The summed E-state index contributed by atoms with van der Waals surface area (Å²) in [4.78, 5) is 47.3. The molecule has 12 nitrogen and oxygen atoms in total. The molecule has 0 aliphatic rings. The maximum atomic E-state index is 12.7. The second-order valence-electron chi connectivity index (χ2n) is 16.7. The highest BCUT2D eigenvalue weighted by molar-refractivity contribution is 7.47. The van der Waals surface area contributed by atoms with Crippen molar-refractivity contribution in [1.82, 2.24) is 5.32 Å². The van der Waals surface area contributed by atoms with Crippen molar-refractivity contribution in [2.75, 3.05) is 54.1 Å². The number of phosphoric ester groups is 1. The summed E-state index contributed by atoms with van der Waals surface area (Å²) < 4.78 is 37.7. The number of esters is 2. The molecule has 2 N–H and O–H groups in total. The lowest BCUT2D eigenvalue weighted by atomic mass is 10.0. The maximum Gasteiger partial charge on any atom is 0.472 e. The van der Waals surface area contributed by atoms with Gasteiger partial charge in [0.05, 0.1) is 27.7 Å². The third kappa shape index (κ3) is 35.6. The van der Waals surface area contributed by atoms with Crippen molar-refractivity contribution in [2.45, 2.75) is 190 Å². The second kappa shape index (κ2) is 32.9. The van der Waals surface area contributed by atoms with Crippen LogP contribution >= 0.6 is 42.6 Å². The monoisotopic (exact) mass is 895 g/mol. The first-order chi connectivity index (χ1) is 26.8. The van der Waals surface area contributed by atoms with Crippen LogP contribution in [0.2, 0.25) is 0 Å². The van der Waals surface area contributed by atoms with Crippen LogP contribution in [0.1, 0.15) is 175 Å². The van der Waals surface area contributed by atoms with Gasteiger partial charge in [-0.1, -0.05) is 164 Å². The van der Waals surface area contributed by atoms with Gasteiger partial charge in [-0.05, 0) is 33.1 Å². The van der Waals surface area contributed by atoms with E-state index in [-0.39, 0.29) is 26.1 Å². The number of phosphoric acid groups is 1. The van der Waals surface area contributed by atoms with Crippen molar-refractivity contribution in [3.05, 3.63) is 0 Å². The topological polar surface area (TPSA) is 147 Å². The Bertz CT molecular complexity index is 1110. The van der Waals surface area contributed by atoms with E-state index in [1.54, 1.807) is 0 Å². The number of alkyl carbamates (subject to hydrolysis) is 1. The lowest BCUT2D eigenvalue weighted by Crippen LogP contribution is -2.44. The fourth-order valence-corrected chi connectivity index (χ4v) is 6.56. The van der Waals surface area contributed by atoms with Crippen molar-refractivity contribution in [1.29, 1.82) is 0 Å². The molecule has 0 aliphatic heterocycles. The van der Waals surface area contributed by atoms with Crippen LogP contribution in [0.15, 0.2) is 0 Å². The summed E-state index contributed by atoms with van der Waals surface area (Å²) in [5, 5.41) is 2.68. The van der Waals surface area contributed by atoms with E-state index in [4.69, 9.17) is 58.1 Å². The average Bonchev–Trinajstić information content (AvgIpc) is 3.10. The first-order valence-electron chi connectivity index (χ1n) is 21.6. The van der Waals surface area contributed by atoms with Crippen LogP contribution in [-0.2, 0) is 37.4 Å². The molecule has 0 spiro atoms. The minimum atomic E-state index is -4.41. The number of rotatable bonds is 37. The summed E-state index contributed by atoms with van der Waals surface area (Å²) in [7, 11) is 1.39. The lowest BCUT2D eigenvalue weighted by molar-refractivity contribution is -0.870. The Morgan fingerprint density at radius 3 is 1.56 bits per heavy atom.